The van der Waals surface area contributed by atoms with Crippen LogP contribution in [0.2, 0.25) is 0 Å². The average molecular weight is 394 g/mol. The summed E-state index contributed by atoms with van der Waals surface area (Å²) >= 11 is 0. The monoisotopic (exact) mass is 394 g/mol. The minimum atomic E-state index is -4.61. The van der Waals surface area contributed by atoms with E-state index in [-0.39, 0.29) is 17.8 Å². The van der Waals surface area contributed by atoms with Gasteiger partial charge in [0.05, 0.1) is 23.7 Å². The highest BCUT2D eigenvalue weighted by Crippen LogP contribution is 2.35. The molecule has 0 spiro atoms. The summed E-state index contributed by atoms with van der Waals surface area (Å²) in [6, 6.07) is 10.8. The molecular weight excluding hydrogens is 372 g/mol. The lowest BCUT2D eigenvalue weighted by atomic mass is 9.95. The highest BCUT2D eigenvalue weighted by atomic mass is 19.4. The van der Waals surface area contributed by atoms with Crippen molar-refractivity contribution in [3.63, 3.8) is 0 Å². The summed E-state index contributed by atoms with van der Waals surface area (Å²) in [7, 11) is 0. The van der Waals surface area contributed by atoms with Gasteiger partial charge < -0.3 is 9.64 Å². The SMILES string of the molecule is CC(C)(C)CN(CCOc1ccc(F)cc1)c1ccc(C#N)c(C(F)(F)F)c1. The van der Waals surface area contributed by atoms with Crippen LogP contribution in [0.15, 0.2) is 42.5 Å². The second-order valence-corrected chi connectivity index (χ2v) is 7.62. The third kappa shape index (κ3) is 6.15. The molecule has 0 unspecified atom stereocenters. The number of rotatable bonds is 6. The van der Waals surface area contributed by atoms with Crippen LogP contribution in [-0.4, -0.2) is 19.7 Å². The number of ether oxygens (including phenoxy) is 1. The molecule has 7 heteroatoms. The van der Waals surface area contributed by atoms with Crippen LogP contribution in [0.4, 0.5) is 23.2 Å². The zero-order chi connectivity index (χ0) is 20.9. The summed E-state index contributed by atoms with van der Waals surface area (Å²) in [5.41, 5.74) is -1.17. The van der Waals surface area contributed by atoms with E-state index in [4.69, 9.17) is 10.00 Å². The smallest absolute Gasteiger partial charge is 0.417 e. The van der Waals surface area contributed by atoms with Crippen LogP contribution < -0.4 is 9.64 Å². The van der Waals surface area contributed by atoms with Gasteiger partial charge in [-0.25, -0.2) is 4.39 Å². The van der Waals surface area contributed by atoms with Gasteiger partial charge in [-0.1, -0.05) is 20.8 Å². The van der Waals surface area contributed by atoms with Crippen LogP contribution in [0.5, 0.6) is 5.75 Å². The molecule has 0 amide bonds. The molecule has 2 aromatic carbocycles. The number of halogens is 4. The Balaban J connectivity index is 2.23. The average Bonchev–Trinajstić information content (AvgIpc) is 2.60. The van der Waals surface area contributed by atoms with Crippen molar-refractivity contribution in [1.29, 1.82) is 5.26 Å². The van der Waals surface area contributed by atoms with E-state index in [2.05, 4.69) is 0 Å². The first-order valence-corrected chi connectivity index (χ1v) is 8.74. The molecule has 150 valence electrons. The summed E-state index contributed by atoms with van der Waals surface area (Å²) in [4.78, 5) is 1.79. The van der Waals surface area contributed by atoms with Crippen molar-refractivity contribution < 1.29 is 22.3 Å². The molecule has 28 heavy (non-hydrogen) atoms. The minimum absolute atomic E-state index is 0.178. The van der Waals surface area contributed by atoms with Gasteiger partial charge in [0, 0.05) is 12.2 Å². The van der Waals surface area contributed by atoms with Gasteiger partial charge in [0.1, 0.15) is 18.2 Å². The Labute approximate surface area is 162 Å². The van der Waals surface area contributed by atoms with E-state index >= 15 is 0 Å². The maximum Gasteiger partial charge on any atom is 0.417 e. The largest absolute Gasteiger partial charge is 0.492 e. The molecule has 0 heterocycles. The van der Waals surface area contributed by atoms with Crippen LogP contribution in [-0.2, 0) is 6.18 Å². The molecule has 3 nitrogen and oxygen atoms in total. The molecule has 2 rings (SSSR count). The van der Waals surface area contributed by atoms with Crippen LogP contribution in [0, 0.1) is 22.6 Å². The molecule has 0 N–H and O–H groups in total. The highest BCUT2D eigenvalue weighted by molar-refractivity contribution is 5.55. The van der Waals surface area contributed by atoms with Crippen molar-refractivity contribution >= 4 is 5.69 Å². The van der Waals surface area contributed by atoms with Gasteiger partial charge in [0.25, 0.3) is 0 Å². The van der Waals surface area contributed by atoms with E-state index in [1.807, 2.05) is 20.8 Å². The van der Waals surface area contributed by atoms with E-state index in [1.54, 1.807) is 11.0 Å². The number of nitriles is 1. The molecular formula is C21H22F4N2O. The number of nitrogens with zero attached hydrogens (tertiary/aromatic N) is 2. The van der Waals surface area contributed by atoms with Crippen LogP contribution in [0.1, 0.15) is 31.9 Å². The van der Waals surface area contributed by atoms with Gasteiger partial charge in [0.2, 0.25) is 0 Å². The highest BCUT2D eigenvalue weighted by Gasteiger charge is 2.34. The summed E-state index contributed by atoms with van der Waals surface area (Å²) in [5.74, 6) is 0.104. The molecule has 0 atom stereocenters. The Morgan fingerprint density at radius 1 is 1.04 bits per heavy atom. The number of alkyl halides is 3. The number of hydrogen-bond acceptors (Lipinski definition) is 3. The maximum absolute atomic E-state index is 13.3. The Morgan fingerprint density at radius 3 is 2.21 bits per heavy atom. The van der Waals surface area contributed by atoms with Crippen molar-refractivity contribution in [2.24, 2.45) is 5.41 Å². The summed E-state index contributed by atoms with van der Waals surface area (Å²) in [6.07, 6.45) is -4.61. The lowest BCUT2D eigenvalue weighted by Gasteiger charge is -2.32. The first-order chi connectivity index (χ1) is 13.0. The zero-order valence-electron chi connectivity index (χ0n) is 16.0. The maximum atomic E-state index is 13.3. The number of hydrogen-bond donors (Lipinski definition) is 0. The summed E-state index contributed by atoms with van der Waals surface area (Å²) in [5, 5.41) is 8.97. The fourth-order valence-electron chi connectivity index (χ4n) is 2.74. The predicted octanol–water partition coefficient (Wildman–Crippen LogP) is 5.65. The Morgan fingerprint density at radius 2 is 1.68 bits per heavy atom. The van der Waals surface area contributed by atoms with Crippen molar-refractivity contribution in [2.75, 3.05) is 24.6 Å². The van der Waals surface area contributed by atoms with Gasteiger partial charge in [-0.2, -0.15) is 18.4 Å². The van der Waals surface area contributed by atoms with Crippen molar-refractivity contribution in [3.05, 3.63) is 59.4 Å². The van der Waals surface area contributed by atoms with Gasteiger partial charge in [-0.3, -0.25) is 0 Å². The topological polar surface area (TPSA) is 36.3 Å². The van der Waals surface area contributed by atoms with Gasteiger partial charge in [-0.05, 0) is 47.9 Å². The molecule has 0 aliphatic carbocycles. The van der Waals surface area contributed by atoms with Crippen molar-refractivity contribution in [3.8, 4) is 11.8 Å². The molecule has 0 fully saturated rings. The zero-order valence-corrected chi connectivity index (χ0v) is 16.0. The molecule has 2 aromatic rings. The summed E-state index contributed by atoms with van der Waals surface area (Å²) < 4.78 is 58.4. The second-order valence-electron chi connectivity index (χ2n) is 7.62. The molecule has 0 aliphatic rings. The molecule has 0 saturated carbocycles. The Bertz CT molecular complexity index is 833. The van der Waals surface area contributed by atoms with E-state index in [9.17, 15) is 17.6 Å². The second kappa shape index (κ2) is 8.51. The molecule has 0 aromatic heterocycles. The van der Waals surface area contributed by atoms with E-state index < -0.39 is 17.3 Å². The van der Waals surface area contributed by atoms with Crippen LogP contribution in [0.25, 0.3) is 0 Å². The molecule has 0 radical (unpaired) electrons. The fourth-order valence-corrected chi connectivity index (χ4v) is 2.74. The predicted molar refractivity (Wildman–Crippen MR) is 99.7 cm³/mol. The normalized spacial score (nSPS) is 11.8. The lowest BCUT2D eigenvalue weighted by Crippen LogP contribution is -2.36. The Kier molecular flexibility index (Phi) is 6.55. The quantitative estimate of drug-likeness (QED) is 0.594. The van der Waals surface area contributed by atoms with E-state index in [0.29, 0.717) is 24.5 Å². The first kappa shape index (κ1) is 21.5. The molecule has 0 bridgehead atoms. The lowest BCUT2D eigenvalue weighted by molar-refractivity contribution is -0.137. The van der Waals surface area contributed by atoms with E-state index in [1.165, 1.54) is 36.4 Å². The minimum Gasteiger partial charge on any atom is -0.492 e. The van der Waals surface area contributed by atoms with Crippen LogP contribution in [0.3, 0.4) is 0 Å². The van der Waals surface area contributed by atoms with Crippen molar-refractivity contribution in [2.45, 2.75) is 26.9 Å². The molecule has 0 aliphatic heterocycles. The molecule has 0 saturated heterocycles. The van der Waals surface area contributed by atoms with Crippen molar-refractivity contribution in [1.82, 2.24) is 0 Å². The van der Waals surface area contributed by atoms with Gasteiger partial charge in [-0.15, -0.1) is 0 Å². The van der Waals surface area contributed by atoms with E-state index in [0.717, 1.165) is 6.07 Å². The Hall–Kier alpha value is -2.75. The van der Waals surface area contributed by atoms with Crippen LogP contribution >= 0.6 is 0 Å². The van der Waals surface area contributed by atoms with Gasteiger partial charge in [0.15, 0.2) is 0 Å². The number of anilines is 1. The van der Waals surface area contributed by atoms with Gasteiger partial charge >= 0.3 is 6.18 Å². The first-order valence-electron chi connectivity index (χ1n) is 8.74. The fraction of sp³-hybridized carbons (Fsp3) is 0.381. The third-order valence-electron chi connectivity index (χ3n) is 3.90. The third-order valence-corrected chi connectivity index (χ3v) is 3.90. The standard InChI is InChI=1S/C21H22F4N2O/c1-20(2,3)14-27(10-11-28-18-8-5-16(22)6-9-18)17-7-4-15(13-26)19(12-17)21(23,24)25/h4-9,12H,10-11,14H2,1-3H3. The number of benzene rings is 2. The summed E-state index contributed by atoms with van der Waals surface area (Å²) in [6.45, 7) is 6.98.